The highest BCUT2D eigenvalue weighted by atomic mass is 16.2. The summed E-state index contributed by atoms with van der Waals surface area (Å²) >= 11 is 0. The molecule has 0 radical (unpaired) electrons. The fourth-order valence-corrected chi connectivity index (χ4v) is 3.70. The standard InChI is InChI=1S/C20H20N6O/c21-14-18-22-10-7-19(24-18)25-12-8-16(9-13-25)20(27)26-17(6-11-23-26)15-4-2-1-3-5-15/h1-5,7,10-11,16-17H,6,8-9,12-13H2. The average molecular weight is 360 g/mol. The minimum Gasteiger partial charge on any atom is -0.356 e. The molecule has 0 saturated carbocycles. The molecule has 0 aliphatic carbocycles. The van der Waals surface area contributed by atoms with Gasteiger partial charge in [0.15, 0.2) is 0 Å². The van der Waals surface area contributed by atoms with Crippen molar-refractivity contribution in [2.24, 2.45) is 11.0 Å². The molecule has 7 heteroatoms. The smallest absolute Gasteiger partial charge is 0.246 e. The van der Waals surface area contributed by atoms with E-state index in [-0.39, 0.29) is 23.7 Å². The number of carbonyl (C=O) groups is 1. The lowest BCUT2D eigenvalue weighted by molar-refractivity contribution is -0.138. The van der Waals surface area contributed by atoms with Gasteiger partial charge in [0.05, 0.1) is 6.04 Å². The topological polar surface area (TPSA) is 85.5 Å². The van der Waals surface area contributed by atoms with Crippen molar-refractivity contribution in [3.63, 3.8) is 0 Å². The van der Waals surface area contributed by atoms with E-state index in [0.29, 0.717) is 0 Å². The Morgan fingerprint density at radius 2 is 1.93 bits per heavy atom. The molecule has 136 valence electrons. The van der Waals surface area contributed by atoms with Gasteiger partial charge in [0.25, 0.3) is 0 Å². The van der Waals surface area contributed by atoms with Gasteiger partial charge in [-0.2, -0.15) is 10.4 Å². The minimum absolute atomic E-state index is 0.00298. The highest BCUT2D eigenvalue weighted by molar-refractivity contribution is 5.82. The number of nitriles is 1. The Balaban J connectivity index is 1.41. The molecule has 0 N–H and O–H groups in total. The van der Waals surface area contributed by atoms with Gasteiger partial charge in [-0.15, -0.1) is 0 Å². The number of carbonyl (C=O) groups excluding carboxylic acids is 1. The number of rotatable bonds is 3. The first-order valence-electron chi connectivity index (χ1n) is 9.15. The summed E-state index contributed by atoms with van der Waals surface area (Å²) in [5.74, 6) is 0.967. The Morgan fingerprint density at radius 1 is 1.15 bits per heavy atom. The number of amides is 1. The molecule has 1 aromatic heterocycles. The molecule has 4 rings (SSSR count). The van der Waals surface area contributed by atoms with Crippen molar-refractivity contribution in [2.45, 2.75) is 25.3 Å². The van der Waals surface area contributed by atoms with Crippen LogP contribution in [0, 0.1) is 17.2 Å². The summed E-state index contributed by atoms with van der Waals surface area (Å²) in [6, 6.07) is 13.8. The molecular weight excluding hydrogens is 340 g/mol. The van der Waals surface area contributed by atoms with Crippen LogP contribution in [0.25, 0.3) is 0 Å². The zero-order valence-electron chi connectivity index (χ0n) is 14.9. The van der Waals surface area contributed by atoms with Crippen LogP contribution < -0.4 is 4.90 Å². The summed E-state index contributed by atoms with van der Waals surface area (Å²) < 4.78 is 0. The lowest BCUT2D eigenvalue weighted by Crippen LogP contribution is -2.41. The Kier molecular flexibility index (Phi) is 4.79. The molecule has 7 nitrogen and oxygen atoms in total. The third-order valence-electron chi connectivity index (χ3n) is 5.15. The number of nitrogens with zero attached hydrogens (tertiary/aromatic N) is 6. The molecule has 1 saturated heterocycles. The van der Waals surface area contributed by atoms with Crippen molar-refractivity contribution in [3.05, 3.63) is 54.0 Å². The second-order valence-electron chi connectivity index (χ2n) is 6.75. The van der Waals surface area contributed by atoms with Crippen LogP contribution in [0.5, 0.6) is 0 Å². The third kappa shape index (κ3) is 3.51. The first kappa shape index (κ1) is 17.2. The number of hydrazone groups is 1. The van der Waals surface area contributed by atoms with Gasteiger partial charge in [-0.3, -0.25) is 4.79 Å². The van der Waals surface area contributed by atoms with E-state index in [9.17, 15) is 4.79 Å². The minimum atomic E-state index is -0.0417. The summed E-state index contributed by atoms with van der Waals surface area (Å²) in [5, 5.41) is 15.0. The van der Waals surface area contributed by atoms with Gasteiger partial charge in [-0.25, -0.2) is 15.0 Å². The predicted molar refractivity (Wildman–Crippen MR) is 101 cm³/mol. The van der Waals surface area contributed by atoms with E-state index in [2.05, 4.69) is 20.0 Å². The number of hydrogen-bond acceptors (Lipinski definition) is 6. The molecular formula is C20H20N6O. The van der Waals surface area contributed by atoms with Crippen molar-refractivity contribution in [1.29, 1.82) is 5.26 Å². The monoisotopic (exact) mass is 360 g/mol. The van der Waals surface area contributed by atoms with Crippen LogP contribution in [0.4, 0.5) is 5.82 Å². The lowest BCUT2D eigenvalue weighted by Gasteiger charge is -2.34. The van der Waals surface area contributed by atoms with E-state index in [0.717, 1.165) is 43.7 Å². The van der Waals surface area contributed by atoms with Crippen molar-refractivity contribution in [1.82, 2.24) is 15.0 Å². The van der Waals surface area contributed by atoms with Crippen LogP contribution in [-0.4, -0.2) is 40.2 Å². The maximum absolute atomic E-state index is 13.1. The summed E-state index contributed by atoms with van der Waals surface area (Å²) in [5.41, 5.74) is 1.12. The lowest BCUT2D eigenvalue weighted by atomic mass is 9.94. The quantitative estimate of drug-likeness (QED) is 0.839. The molecule has 2 aliphatic rings. The molecule has 1 aromatic carbocycles. The van der Waals surface area contributed by atoms with Gasteiger partial charge in [0.1, 0.15) is 11.9 Å². The van der Waals surface area contributed by atoms with Crippen molar-refractivity contribution in [2.75, 3.05) is 18.0 Å². The molecule has 2 aromatic rings. The van der Waals surface area contributed by atoms with E-state index in [4.69, 9.17) is 5.26 Å². The zero-order chi connectivity index (χ0) is 18.6. The van der Waals surface area contributed by atoms with E-state index < -0.39 is 0 Å². The molecule has 1 unspecified atom stereocenters. The first-order valence-corrected chi connectivity index (χ1v) is 9.15. The molecule has 1 atom stereocenters. The maximum Gasteiger partial charge on any atom is 0.246 e. The number of piperidine rings is 1. The summed E-state index contributed by atoms with van der Waals surface area (Å²) in [6.07, 6.45) is 5.68. The van der Waals surface area contributed by atoms with E-state index in [1.807, 2.05) is 42.6 Å². The van der Waals surface area contributed by atoms with Gasteiger partial charge >= 0.3 is 0 Å². The Labute approximate surface area is 158 Å². The third-order valence-corrected chi connectivity index (χ3v) is 5.15. The molecule has 1 fully saturated rings. The van der Waals surface area contributed by atoms with Crippen molar-refractivity contribution < 1.29 is 4.79 Å². The number of aromatic nitrogens is 2. The van der Waals surface area contributed by atoms with Crippen molar-refractivity contribution in [3.8, 4) is 6.07 Å². The number of benzene rings is 1. The fourth-order valence-electron chi connectivity index (χ4n) is 3.70. The second-order valence-corrected chi connectivity index (χ2v) is 6.75. The van der Waals surface area contributed by atoms with Crippen LogP contribution in [0.2, 0.25) is 0 Å². The molecule has 0 bridgehead atoms. The van der Waals surface area contributed by atoms with Crippen LogP contribution in [0.15, 0.2) is 47.7 Å². The fraction of sp³-hybridized carbons (Fsp3) is 0.350. The summed E-state index contributed by atoms with van der Waals surface area (Å²) in [6.45, 7) is 1.46. The average Bonchev–Trinajstić information content (AvgIpc) is 3.24. The predicted octanol–water partition coefficient (Wildman–Crippen LogP) is 2.52. The van der Waals surface area contributed by atoms with Crippen LogP contribution in [0.1, 0.15) is 36.7 Å². The van der Waals surface area contributed by atoms with E-state index in [1.165, 1.54) is 0 Å². The first-order chi connectivity index (χ1) is 13.3. The Hall–Kier alpha value is -3.27. The molecule has 27 heavy (non-hydrogen) atoms. The van der Waals surface area contributed by atoms with Crippen LogP contribution >= 0.6 is 0 Å². The Bertz CT molecular complexity index is 883. The largest absolute Gasteiger partial charge is 0.356 e. The normalized spacial score (nSPS) is 19.9. The zero-order valence-corrected chi connectivity index (χ0v) is 14.9. The van der Waals surface area contributed by atoms with Crippen LogP contribution in [-0.2, 0) is 4.79 Å². The van der Waals surface area contributed by atoms with Gasteiger partial charge in [-0.05, 0) is 24.5 Å². The summed E-state index contributed by atoms with van der Waals surface area (Å²) in [7, 11) is 0. The number of hydrogen-bond donors (Lipinski definition) is 0. The maximum atomic E-state index is 13.1. The highest BCUT2D eigenvalue weighted by Gasteiger charge is 2.34. The Morgan fingerprint density at radius 3 is 2.67 bits per heavy atom. The molecule has 2 aliphatic heterocycles. The van der Waals surface area contributed by atoms with Crippen LogP contribution in [0.3, 0.4) is 0 Å². The van der Waals surface area contributed by atoms with Gasteiger partial charge in [0.2, 0.25) is 11.7 Å². The van der Waals surface area contributed by atoms with Gasteiger partial charge in [-0.1, -0.05) is 30.3 Å². The highest BCUT2D eigenvalue weighted by Crippen LogP contribution is 2.32. The second kappa shape index (κ2) is 7.54. The SMILES string of the molecule is N#Cc1nccc(N2CCC(C(=O)N3N=CCC3c3ccccc3)CC2)n1. The van der Waals surface area contributed by atoms with Gasteiger partial charge in [0, 0.05) is 37.8 Å². The van der Waals surface area contributed by atoms with E-state index in [1.54, 1.807) is 17.3 Å². The van der Waals surface area contributed by atoms with Gasteiger partial charge < -0.3 is 4.90 Å². The molecule has 0 spiro atoms. The number of anilines is 1. The summed E-state index contributed by atoms with van der Waals surface area (Å²) in [4.78, 5) is 23.3. The molecule has 3 heterocycles. The molecule has 1 amide bonds. The van der Waals surface area contributed by atoms with Crippen molar-refractivity contribution >= 4 is 17.9 Å². The van der Waals surface area contributed by atoms with E-state index >= 15 is 0 Å².